The summed E-state index contributed by atoms with van der Waals surface area (Å²) in [6.45, 7) is 8.90. The van der Waals surface area contributed by atoms with Crippen LogP contribution in [0.5, 0.6) is 0 Å². The maximum absolute atomic E-state index is 11.9. The van der Waals surface area contributed by atoms with E-state index in [4.69, 9.17) is 10.9 Å². The molecule has 0 aliphatic carbocycles. The lowest BCUT2D eigenvalue weighted by Gasteiger charge is -2.19. The second kappa shape index (κ2) is 7.92. The van der Waals surface area contributed by atoms with Crippen LogP contribution in [-0.2, 0) is 4.79 Å². The van der Waals surface area contributed by atoms with Gasteiger partial charge >= 0.3 is 0 Å². The summed E-state index contributed by atoms with van der Waals surface area (Å²) in [6.07, 6.45) is 1.41. The van der Waals surface area contributed by atoms with Crippen molar-refractivity contribution in [2.75, 3.05) is 6.54 Å². The zero-order valence-electron chi connectivity index (χ0n) is 11.2. The molecule has 4 N–H and O–H groups in total. The smallest absolute Gasteiger partial charge is 0.230 e. The van der Waals surface area contributed by atoms with Gasteiger partial charge in [0.1, 0.15) is 0 Å². The van der Waals surface area contributed by atoms with Gasteiger partial charge in [0.25, 0.3) is 0 Å². The molecule has 0 bridgehead atoms. The minimum atomic E-state index is -0.524. The maximum atomic E-state index is 11.9. The lowest BCUT2D eigenvalue weighted by Crippen LogP contribution is -2.41. The SMILES string of the molecule is CCCC(C(=O)NCC(C)C(C)C)C(N)=NO. The Morgan fingerprint density at radius 1 is 1.41 bits per heavy atom. The summed E-state index contributed by atoms with van der Waals surface area (Å²) in [5, 5.41) is 14.4. The summed E-state index contributed by atoms with van der Waals surface area (Å²) in [4.78, 5) is 11.9. The third-order valence-electron chi connectivity index (χ3n) is 3.10. The molecule has 2 unspecified atom stereocenters. The van der Waals surface area contributed by atoms with Crippen LogP contribution in [0.15, 0.2) is 5.16 Å². The van der Waals surface area contributed by atoms with Crippen molar-refractivity contribution in [2.24, 2.45) is 28.6 Å². The van der Waals surface area contributed by atoms with Crippen molar-refractivity contribution in [1.29, 1.82) is 0 Å². The Balaban J connectivity index is 4.34. The Kier molecular flexibility index (Phi) is 7.34. The average Bonchev–Trinajstić information content (AvgIpc) is 2.31. The molecule has 0 aromatic rings. The van der Waals surface area contributed by atoms with Gasteiger partial charge in [0.2, 0.25) is 5.91 Å². The van der Waals surface area contributed by atoms with Crippen molar-refractivity contribution in [3.05, 3.63) is 0 Å². The third-order valence-corrected chi connectivity index (χ3v) is 3.10. The third kappa shape index (κ3) is 5.56. The van der Waals surface area contributed by atoms with E-state index in [1.54, 1.807) is 0 Å². The maximum Gasteiger partial charge on any atom is 0.230 e. The fourth-order valence-corrected chi connectivity index (χ4v) is 1.39. The largest absolute Gasteiger partial charge is 0.409 e. The van der Waals surface area contributed by atoms with E-state index in [0.29, 0.717) is 24.8 Å². The van der Waals surface area contributed by atoms with Crippen LogP contribution in [0.25, 0.3) is 0 Å². The van der Waals surface area contributed by atoms with Crippen LogP contribution in [0.3, 0.4) is 0 Å². The van der Waals surface area contributed by atoms with E-state index in [1.807, 2.05) is 6.92 Å². The number of nitrogens with zero attached hydrogens (tertiary/aromatic N) is 1. The van der Waals surface area contributed by atoms with Crippen LogP contribution >= 0.6 is 0 Å². The standard InChI is InChI=1S/C12H25N3O2/c1-5-6-10(11(13)15-17)12(16)14-7-9(4)8(2)3/h8-10,17H,5-7H2,1-4H3,(H2,13,15)(H,14,16). The summed E-state index contributed by atoms with van der Waals surface area (Å²) in [5.74, 6) is 0.234. The molecule has 5 heteroatoms. The average molecular weight is 243 g/mol. The lowest BCUT2D eigenvalue weighted by atomic mass is 9.97. The van der Waals surface area contributed by atoms with Gasteiger partial charge in [-0.3, -0.25) is 4.79 Å². The van der Waals surface area contributed by atoms with E-state index in [0.717, 1.165) is 6.42 Å². The second-order valence-corrected chi connectivity index (χ2v) is 4.83. The lowest BCUT2D eigenvalue weighted by molar-refractivity contribution is -0.123. The molecule has 0 saturated heterocycles. The summed E-state index contributed by atoms with van der Waals surface area (Å²) < 4.78 is 0. The highest BCUT2D eigenvalue weighted by Crippen LogP contribution is 2.10. The first-order valence-electron chi connectivity index (χ1n) is 6.19. The predicted octanol–water partition coefficient (Wildman–Crippen LogP) is 1.56. The molecule has 0 aliphatic heterocycles. The monoisotopic (exact) mass is 243 g/mol. The summed E-state index contributed by atoms with van der Waals surface area (Å²) in [6, 6.07) is 0. The number of amidine groups is 1. The zero-order valence-corrected chi connectivity index (χ0v) is 11.2. The summed E-state index contributed by atoms with van der Waals surface area (Å²) in [5.41, 5.74) is 5.51. The van der Waals surface area contributed by atoms with Gasteiger partial charge in [0.15, 0.2) is 5.84 Å². The molecule has 0 fully saturated rings. The van der Waals surface area contributed by atoms with Crippen LogP contribution in [-0.4, -0.2) is 23.5 Å². The Morgan fingerprint density at radius 2 is 2.00 bits per heavy atom. The molecular weight excluding hydrogens is 218 g/mol. The minimum Gasteiger partial charge on any atom is -0.409 e. The summed E-state index contributed by atoms with van der Waals surface area (Å²) >= 11 is 0. The van der Waals surface area contributed by atoms with Crippen molar-refractivity contribution in [1.82, 2.24) is 5.32 Å². The molecular formula is C12H25N3O2. The van der Waals surface area contributed by atoms with E-state index < -0.39 is 5.92 Å². The van der Waals surface area contributed by atoms with Crippen molar-refractivity contribution in [3.8, 4) is 0 Å². The van der Waals surface area contributed by atoms with Crippen molar-refractivity contribution < 1.29 is 10.0 Å². The minimum absolute atomic E-state index is 0.0125. The Labute approximate surface area is 103 Å². The molecule has 0 spiro atoms. The van der Waals surface area contributed by atoms with E-state index >= 15 is 0 Å². The van der Waals surface area contributed by atoms with Crippen LogP contribution in [0, 0.1) is 17.8 Å². The first kappa shape index (κ1) is 15.7. The van der Waals surface area contributed by atoms with Gasteiger partial charge in [-0.25, -0.2) is 0 Å². The fraction of sp³-hybridized carbons (Fsp3) is 0.833. The first-order chi connectivity index (χ1) is 7.93. The molecule has 0 saturated carbocycles. The highest BCUT2D eigenvalue weighted by atomic mass is 16.4. The molecule has 1 amide bonds. The van der Waals surface area contributed by atoms with Crippen LogP contribution < -0.4 is 11.1 Å². The topological polar surface area (TPSA) is 87.7 Å². The van der Waals surface area contributed by atoms with E-state index in [1.165, 1.54) is 0 Å². The van der Waals surface area contributed by atoms with Gasteiger partial charge in [-0.15, -0.1) is 0 Å². The number of nitrogens with one attached hydrogen (secondary N) is 1. The van der Waals surface area contributed by atoms with Crippen LogP contribution in [0.2, 0.25) is 0 Å². The number of hydrogen-bond acceptors (Lipinski definition) is 3. The Morgan fingerprint density at radius 3 is 2.41 bits per heavy atom. The number of carbonyl (C=O) groups excluding carboxylic acids is 1. The molecule has 100 valence electrons. The van der Waals surface area contributed by atoms with Gasteiger partial charge in [-0.2, -0.15) is 0 Å². The van der Waals surface area contributed by atoms with E-state index in [-0.39, 0.29) is 11.7 Å². The van der Waals surface area contributed by atoms with E-state index in [9.17, 15) is 4.79 Å². The molecule has 0 aromatic carbocycles. The highest BCUT2D eigenvalue weighted by molar-refractivity contribution is 6.02. The normalized spacial score (nSPS) is 15.7. The Bertz CT molecular complexity index is 264. The number of rotatable bonds is 7. The molecule has 2 atom stereocenters. The Hall–Kier alpha value is -1.26. The molecule has 0 rings (SSSR count). The molecule has 0 aliphatic rings. The van der Waals surface area contributed by atoms with Gasteiger partial charge in [-0.1, -0.05) is 39.3 Å². The van der Waals surface area contributed by atoms with Crippen molar-refractivity contribution in [3.63, 3.8) is 0 Å². The summed E-state index contributed by atoms with van der Waals surface area (Å²) in [7, 11) is 0. The van der Waals surface area contributed by atoms with Gasteiger partial charge < -0.3 is 16.3 Å². The van der Waals surface area contributed by atoms with E-state index in [2.05, 4.69) is 31.2 Å². The molecule has 0 heterocycles. The number of nitrogens with two attached hydrogens (primary N) is 1. The zero-order chi connectivity index (χ0) is 13.4. The number of amides is 1. The molecule has 0 aromatic heterocycles. The van der Waals surface area contributed by atoms with Gasteiger partial charge in [0.05, 0.1) is 5.92 Å². The first-order valence-corrected chi connectivity index (χ1v) is 6.19. The van der Waals surface area contributed by atoms with Gasteiger partial charge in [-0.05, 0) is 18.3 Å². The number of carbonyl (C=O) groups is 1. The molecule has 17 heavy (non-hydrogen) atoms. The second-order valence-electron chi connectivity index (χ2n) is 4.83. The molecule has 5 nitrogen and oxygen atoms in total. The molecule has 0 radical (unpaired) electrons. The van der Waals surface area contributed by atoms with Crippen molar-refractivity contribution in [2.45, 2.75) is 40.5 Å². The number of oxime groups is 1. The van der Waals surface area contributed by atoms with Gasteiger partial charge in [0, 0.05) is 6.54 Å². The quantitative estimate of drug-likeness (QED) is 0.274. The van der Waals surface area contributed by atoms with Crippen LogP contribution in [0.1, 0.15) is 40.5 Å². The van der Waals surface area contributed by atoms with Crippen molar-refractivity contribution >= 4 is 11.7 Å². The fourth-order valence-electron chi connectivity index (χ4n) is 1.39. The highest BCUT2D eigenvalue weighted by Gasteiger charge is 2.22. The number of hydrogen-bond donors (Lipinski definition) is 3. The predicted molar refractivity (Wildman–Crippen MR) is 68.8 cm³/mol. The van der Waals surface area contributed by atoms with Crippen LogP contribution in [0.4, 0.5) is 0 Å².